The van der Waals surface area contributed by atoms with Crippen LogP contribution in [0.4, 0.5) is 4.79 Å². The van der Waals surface area contributed by atoms with Gasteiger partial charge in [-0.2, -0.15) is 0 Å². The van der Waals surface area contributed by atoms with Crippen molar-refractivity contribution >= 4 is 6.09 Å². The first-order chi connectivity index (χ1) is 8.50. The molecule has 3 aliphatic rings. The second-order valence-electron chi connectivity index (χ2n) is 6.58. The zero-order chi connectivity index (χ0) is 13.0. The zero-order valence-corrected chi connectivity index (χ0v) is 11.7. The van der Waals surface area contributed by atoms with Crippen molar-refractivity contribution < 1.29 is 9.53 Å². The lowest BCUT2D eigenvalue weighted by Crippen LogP contribution is -2.48. The van der Waals surface area contributed by atoms with Crippen molar-refractivity contribution in [2.45, 2.75) is 52.3 Å². The molecular formula is C15H23NO2. The monoisotopic (exact) mass is 249 g/mol. The summed E-state index contributed by atoms with van der Waals surface area (Å²) in [6.45, 7) is 8.44. The van der Waals surface area contributed by atoms with Crippen LogP contribution in [0.2, 0.25) is 0 Å². The SMILES string of the molecule is CC(C)OC(=O)N1C2C=CC3C2[C@H](C(C)C)CC31. The minimum atomic E-state index is -0.112. The Morgan fingerprint density at radius 2 is 2.00 bits per heavy atom. The van der Waals surface area contributed by atoms with Gasteiger partial charge in [-0.3, -0.25) is 4.90 Å². The highest BCUT2D eigenvalue weighted by Crippen LogP contribution is 2.57. The molecule has 5 atom stereocenters. The maximum atomic E-state index is 12.2. The molecule has 18 heavy (non-hydrogen) atoms. The third-order valence-corrected chi connectivity index (χ3v) is 4.90. The molecule has 4 unspecified atom stereocenters. The zero-order valence-electron chi connectivity index (χ0n) is 11.7. The number of carbonyl (C=O) groups is 1. The van der Waals surface area contributed by atoms with Crippen molar-refractivity contribution in [2.24, 2.45) is 23.7 Å². The van der Waals surface area contributed by atoms with E-state index in [0.717, 1.165) is 12.3 Å². The van der Waals surface area contributed by atoms with E-state index in [2.05, 4.69) is 26.0 Å². The van der Waals surface area contributed by atoms with Gasteiger partial charge in [0.25, 0.3) is 0 Å². The maximum absolute atomic E-state index is 12.2. The number of likely N-dealkylation sites (tertiary alicyclic amines) is 1. The average Bonchev–Trinajstić information content (AvgIpc) is 2.91. The summed E-state index contributed by atoms with van der Waals surface area (Å²) in [4.78, 5) is 14.2. The van der Waals surface area contributed by atoms with Gasteiger partial charge in [-0.1, -0.05) is 26.0 Å². The number of amides is 1. The van der Waals surface area contributed by atoms with Crippen LogP contribution in [-0.2, 0) is 4.74 Å². The van der Waals surface area contributed by atoms with Crippen LogP contribution in [-0.4, -0.2) is 29.2 Å². The van der Waals surface area contributed by atoms with Crippen LogP contribution in [0.5, 0.6) is 0 Å². The fraction of sp³-hybridized carbons (Fsp3) is 0.800. The van der Waals surface area contributed by atoms with E-state index in [1.54, 1.807) is 0 Å². The van der Waals surface area contributed by atoms with Crippen molar-refractivity contribution in [1.82, 2.24) is 4.90 Å². The Kier molecular flexibility index (Phi) is 2.68. The van der Waals surface area contributed by atoms with E-state index >= 15 is 0 Å². The van der Waals surface area contributed by atoms with E-state index in [4.69, 9.17) is 4.74 Å². The number of hydrogen-bond acceptors (Lipinski definition) is 2. The van der Waals surface area contributed by atoms with Gasteiger partial charge in [-0.15, -0.1) is 0 Å². The highest BCUT2D eigenvalue weighted by atomic mass is 16.6. The lowest BCUT2D eigenvalue weighted by atomic mass is 9.81. The van der Waals surface area contributed by atoms with E-state index in [-0.39, 0.29) is 12.2 Å². The van der Waals surface area contributed by atoms with Gasteiger partial charge in [-0.05, 0) is 38.0 Å². The van der Waals surface area contributed by atoms with Crippen LogP contribution < -0.4 is 0 Å². The fourth-order valence-electron chi connectivity index (χ4n) is 4.28. The van der Waals surface area contributed by atoms with Crippen LogP contribution in [0.15, 0.2) is 12.2 Å². The molecule has 100 valence electrons. The first-order valence-electron chi connectivity index (χ1n) is 7.18. The predicted molar refractivity (Wildman–Crippen MR) is 70.1 cm³/mol. The quantitative estimate of drug-likeness (QED) is 0.704. The largest absolute Gasteiger partial charge is 0.447 e. The second-order valence-corrected chi connectivity index (χ2v) is 6.58. The smallest absolute Gasteiger partial charge is 0.410 e. The van der Waals surface area contributed by atoms with Crippen LogP contribution in [0.1, 0.15) is 34.1 Å². The van der Waals surface area contributed by atoms with Crippen molar-refractivity contribution in [2.75, 3.05) is 0 Å². The van der Waals surface area contributed by atoms with E-state index in [0.29, 0.717) is 29.8 Å². The number of carbonyl (C=O) groups excluding carboxylic acids is 1. The highest BCUT2D eigenvalue weighted by molar-refractivity contribution is 5.71. The Bertz CT molecular complexity index is 388. The van der Waals surface area contributed by atoms with Gasteiger partial charge in [0.2, 0.25) is 0 Å². The molecule has 1 amide bonds. The molecule has 0 spiro atoms. The normalized spacial score (nSPS) is 40.3. The molecule has 0 aromatic heterocycles. The van der Waals surface area contributed by atoms with Gasteiger partial charge in [0, 0.05) is 12.0 Å². The summed E-state index contributed by atoms with van der Waals surface area (Å²) in [6.07, 6.45) is 5.57. The molecule has 4 bridgehead atoms. The molecule has 1 saturated carbocycles. The third-order valence-electron chi connectivity index (χ3n) is 4.90. The van der Waals surface area contributed by atoms with Gasteiger partial charge in [-0.25, -0.2) is 4.79 Å². The molecule has 0 N–H and O–H groups in total. The molecule has 0 radical (unpaired) electrons. The van der Waals surface area contributed by atoms with Crippen molar-refractivity contribution in [3.05, 3.63) is 12.2 Å². The standard InChI is InChI=1S/C15H23NO2/c1-8(2)11-7-13-10-5-6-12(14(10)11)16(13)15(17)18-9(3)4/h5-6,8-14H,7H2,1-4H3/t10?,11-,12?,13?,14?/m0/s1. The molecule has 2 fully saturated rings. The molecule has 1 heterocycles. The Labute approximate surface area is 109 Å². The number of nitrogens with zero attached hydrogens (tertiary/aromatic N) is 1. The van der Waals surface area contributed by atoms with Crippen molar-refractivity contribution in [3.63, 3.8) is 0 Å². The molecule has 3 heteroatoms. The molecule has 0 aromatic rings. The second kappa shape index (κ2) is 4.01. The Morgan fingerprint density at radius 1 is 1.28 bits per heavy atom. The number of ether oxygens (including phenoxy) is 1. The van der Waals surface area contributed by atoms with E-state index in [1.165, 1.54) is 0 Å². The Balaban J connectivity index is 1.79. The highest BCUT2D eigenvalue weighted by Gasteiger charge is 2.61. The van der Waals surface area contributed by atoms with E-state index in [1.807, 2.05) is 18.7 Å². The summed E-state index contributed by atoms with van der Waals surface area (Å²) in [5.41, 5.74) is 0. The van der Waals surface area contributed by atoms with Gasteiger partial charge >= 0.3 is 6.09 Å². The lowest BCUT2D eigenvalue weighted by Gasteiger charge is -2.38. The number of hydrogen-bond donors (Lipinski definition) is 0. The van der Waals surface area contributed by atoms with Crippen molar-refractivity contribution in [1.29, 1.82) is 0 Å². The summed E-state index contributed by atoms with van der Waals surface area (Å²) < 4.78 is 5.39. The fourth-order valence-corrected chi connectivity index (χ4v) is 4.28. The van der Waals surface area contributed by atoms with E-state index < -0.39 is 0 Å². The predicted octanol–water partition coefficient (Wildman–Crippen LogP) is 3.06. The van der Waals surface area contributed by atoms with Crippen molar-refractivity contribution in [3.8, 4) is 0 Å². The molecule has 1 saturated heterocycles. The van der Waals surface area contributed by atoms with Gasteiger partial charge in [0.1, 0.15) is 0 Å². The molecule has 1 aliphatic heterocycles. The molecule has 2 aliphatic carbocycles. The van der Waals surface area contributed by atoms with Crippen LogP contribution >= 0.6 is 0 Å². The van der Waals surface area contributed by atoms with Gasteiger partial charge in [0.15, 0.2) is 0 Å². The summed E-state index contributed by atoms with van der Waals surface area (Å²) in [7, 11) is 0. The van der Waals surface area contributed by atoms with E-state index in [9.17, 15) is 4.79 Å². The van der Waals surface area contributed by atoms with Crippen LogP contribution in [0.3, 0.4) is 0 Å². The first kappa shape index (κ1) is 12.1. The summed E-state index contributed by atoms with van der Waals surface area (Å²) in [6, 6.07) is 0.691. The van der Waals surface area contributed by atoms with Gasteiger partial charge in [0.05, 0.1) is 12.1 Å². The minimum absolute atomic E-state index is 0.0278. The van der Waals surface area contributed by atoms with Crippen LogP contribution in [0.25, 0.3) is 0 Å². The summed E-state index contributed by atoms with van der Waals surface area (Å²) in [5.74, 6) is 2.72. The minimum Gasteiger partial charge on any atom is -0.447 e. The molecular weight excluding hydrogens is 226 g/mol. The molecule has 3 rings (SSSR count). The van der Waals surface area contributed by atoms with Crippen LogP contribution in [0, 0.1) is 23.7 Å². The number of piperidine rings is 1. The Morgan fingerprint density at radius 3 is 2.56 bits per heavy atom. The maximum Gasteiger partial charge on any atom is 0.410 e. The Hall–Kier alpha value is -0.990. The number of rotatable bonds is 2. The molecule has 0 aromatic carbocycles. The summed E-state index contributed by atoms with van der Waals surface area (Å²) in [5, 5.41) is 0. The molecule has 3 nitrogen and oxygen atoms in total. The first-order valence-corrected chi connectivity index (χ1v) is 7.18. The average molecular weight is 249 g/mol. The lowest BCUT2D eigenvalue weighted by molar-refractivity contribution is 0.0443. The third kappa shape index (κ3) is 1.52. The van der Waals surface area contributed by atoms with Gasteiger partial charge < -0.3 is 4.74 Å². The summed E-state index contributed by atoms with van der Waals surface area (Å²) >= 11 is 0. The topological polar surface area (TPSA) is 29.5 Å².